The summed E-state index contributed by atoms with van der Waals surface area (Å²) >= 11 is 5.01. The van der Waals surface area contributed by atoms with Crippen molar-refractivity contribution < 1.29 is 15.7 Å². The first-order valence-electron chi connectivity index (χ1n) is 7.67. The number of benzene rings is 3. The predicted octanol–water partition coefficient (Wildman–Crippen LogP) is 4.76. The predicted molar refractivity (Wildman–Crippen MR) is 96.2 cm³/mol. The average molecular weight is 358 g/mol. The minimum absolute atomic E-state index is 0.172. The van der Waals surface area contributed by atoms with Crippen LogP contribution in [-0.2, 0) is 15.7 Å². The molecule has 0 saturated heterocycles. The molecule has 0 nitrogen and oxygen atoms in total. The molecular formula is C21H16CoP. The van der Waals surface area contributed by atoms with Crippen LogP contribution in [0.1, 0.15) is 16.0 Å². The summed E-state index contributed by atoms with van der Waals surface area (Å²) in [4.78, 5) is 0.172. The van der Waals surface area contributed by atoms with E-state index < -0.39 is 7.92 Å². The number of hydrogen-bond acceptors (Lipinski definition) is 0. The van der Waals surface area contributed by atoms with E-state index in [1.54, 1.807) is 0 Å². The van der Waals surface area contributed by atoms with Crippen molar-refractivity contribution >= 4 is 24.6 Å². The molecule has 3 aromatic carbocycles. The van der Waals surface area contributed by atoms with Gasteiger partial charge in [0.05, 0.1) is 0 Å². The van der Waals surface area contributed by atoms with Crippen molar-refractivity contribution in [1.82, 2.24) is 0 Å². The average Bonchev–Trinajstić information content (AvgIpc) is 2.94. The normalized spacial score (nSPS) is 16.3. The molecule has 0 amide bonds. The van der Waals surface area contributed by atoms with Crippen molar-refractivity contribution in [3.05, 3.63) is 101 Å². The van der Waals surface area contributed by atoms with Crippen LogP contribution in [0.2, 0.25) is 0 Å². The molecule has 1 aliphatic rings. The van der Waals surface area contributed by atoms with E-state index >= 15 is 0 Å². The van der Waals surface area contributed by atoms with Crippen LogP contribution in [-0.4, -0.2) is 0 Å². The van der Waals surface area contributed by atoms with Crippen LogP contribution < -0.4 is 10.6 Å². The van der Waals surface area contributed by atoms with E-state index in [-0.39, 0.29) is 4.85 Å². The first-order valence-corrected chi connectivity index (χ1v) is 9.61. The van der Waals surface area contributed by atoms with Crippen molar-refractivity contribution in [2.75, 3.05) is 0 Å². The van der Waals surface area contributed by atoms with Gasteiger partial charge in [0.2, 0.25) is 0 Å². The monoisotopic (exact) mass is 358 g/mol. The first-order chi connectivity index (χ1) is 11.3. The number of rotatable bonds is 3. The molecule has 0 fully saturated rings. The molecule has 0 radical (unpaired) electrons. The summed E-state index contributed by atoms with van der Waals surface area (Å²) in [5, 5.41) is 4.18. The SMILES string of the molecule is [Co][CH]1C(P(c2ccccc2)c2ccccc2)=Cc2ccccc21. The summed E-state index contributed by atoms with van der Waals surface area (Å²) in [5.41, 5.74) is 2.63. The Kier molecular flexibility index (Phi) is 4.18. The molecule has 0 N–H and O–H groups in total. The summed E-state index contributed by atoms with van der Waals surface area (Å²) in [5.74, 6) is 0. The third kappa shape index (κ3) is 2.81. The van der Waals surface area contributed by atoms with Crippen LogP contribution >= 0.6 is 7.92 Å². The Morgan fingerprint density at radius 3 is 1.74 bits per heavy atom. The zero-order valence-corrected chi connectivity index (χ0v) is 14.5. The third-order valence-corrected chi connectivity index (χ3v) is 7.48. The third-order valence-electron chi connectivity index (χ3n) is 4.09. The van der Waals surface area contributed by atoms with Gasteiger partial charge in [-0.15, -0.1) is 0 Å². The molecule has 1 aliphatic carbocycles. The summed E-state index contributed by atoms with van der Waals surface area (Å²) in [6.07, 6.45) is 2.34. The molecule has 2 heteroatoms. The van der Waals surface area contributed by atoms with Crippen LogP contribution in [0.25, 0.3) is 6.08 Å². The van der Waals surface area contributed by atoms with Crippen LogP contribution in [0.4, 0.5) is 0 Å². The van der Waals surface area contributed by atoms with Gasteiger partial charge in [-0.1, -0.05) is 0 Å². The molecule has 23 heavy (non-hydrogen) atoms. The standard InChI is InChI=1S/C21H16P.Co/c1-3-11-19(12-4-1)22(20-13-5-2-6-14-20)21-15-17-9-7-8-10-18(17)16-21;/h1-16H;. The van der Waals surface area contributed by atoms with Crippen LogP contribution in [0.5, 0.6) is 0 Å². The van der Waals surface area contributed by atoms with Gasteiger partial charge in [-0.25, -0.2) is 0 Å². The molecule has 3 aromatic rings. The van der Waals surface area contributed by atoms with Crippen molar-refractivity contribution in [3.8, 4) is 0 Å². The van der Waals surface area contributed by atoms with E-state index in [2.05, 4.69) is 91.0 Å². The molecule has 0 bridgehead atoms. The van der Waals surface area contributed by atoms with Gasteiger partial charge in [-0.05, 0) is 0 Å². The van der Waals surface area contributed by atoms with Gasteiger partial charge in [0.25, 0.3) is 0 Å². The Hall–Kier alpha value is -1.66. The fourth-order valence-electron chi connectivity index (χ4n) is 3.02. The van der Waals surface area contributed by atoms with E-state index in [0.29, 0.717) is 0 Å². The molecule has 0 heterocycles. The van der Waals surface area contributed by atoms with Gasteiger partial charge in [0.15, 0.2) is 0 Å². The molecule has 1 unspecified atom stereocenters. The second-order valence-electron chi connectivity index (χ2n) is 5.54. The minimum atomic E-state index is -0.555. The Morgan fingerprint density at radius 1 is 0.652 bits per heavy atom. The van der Waals surface area contributed by atoms with Crippen molar-refractivity contribution in [3.63, 3.8) is 0 Å². The van der Waals surface area contributed by atoms with Crippen LogP contribution in [0.3, 0.4) is 0 Å². The second kappa shape index (κ2) is 6.45. The van der Waals surface area contributed by atoms with Gasteiger partial charge in [0, 0.05) is 0 Å². The van der Waals surface area contributed by atoms with Gasteiger partial charge in [0.1, 0.15) is 0 Å². The van der Waals surface area contributed by atoms with Crippen LogP contribution in [0.15, 0.2) is 90.2 Å². The van der Waals surface area contributed by atoms with Gasteiger partial charge >= 0.3 is 147 Å². The van der Waals surface area contributed by atoms with E-state index in [9.17, 15) is 0 Å². The molecule has 4 rings (SSSR count). The summed E-state index contributed by atoms with van der Waals surface area (Å²) in [7, 11) is -0.555. The first kappa shape index (κ1) is 14.9. The zero-order chi connectivity index (χ0) is 15.6. The van der Waals surface area contributed by atoms with E-state index in [1.165, 1.54) is 27.1 Å². The molecule has 0 saturated carbocycles. The van der Waals surface area contributed by atoms with E-state index in [0.717, 1.165) is 0 Å². The second-order valence-corrected chi connectivity index (χ2v) is 8.36. The molecule has 0 spiro atoms. The topological polar surface area (TPSA) is 0 Å². The van der Waals surface area contributed by atoms with Crippen molar-refractivity contribution in [2.24, 2.45) is 0 Å². The molecule has 0 aromatic heterocycles. The zero-order valence-electron chi connectivity index (χ0n) is 12.5. The Bertz CT molecular complexity index is 800. The van der Waals surface area contributed by atoms with Gasteiger partial charge in [-0.3, -0.25) is 0 Å². The quantitative estimate of drug-likeness (QED) is 0.592. The number of allylic oxidation sites excluding steroid dienone is 1. The fourth-order valence-corrected chi connectivity index (χ4v) is 6.24. The van der Waals surface area contributed by atoms with Crippen molar-refractivity contribution in [2.45, 2.75) is 4.85 Å². The molecule has 0 aliphatic heterocycles. The molecule has 114 valence electrons. The van der Waals surface area contributed by atoms with Gasteiger partial charge < -0.3 is 0 Å². The Balaban J connectivity index is 1.85. The fraction of sp³-hybridized carbons (Fsp3) is 0.0476. The van der Waals surface area contributed by atoms with Gasteiger partial charge in [-0.2, -0.15) is 0 Å². The summed E-state index contributed by atoms with van der Waals surface area (Å²) in [6, 6.07) is 30.2. The Labute approximate surface area is 146 Å². The van der Waals surface area contributed by atoms with E-state index in [1.807, 2.05) is 0 Å². The molecule has 1 atom stereocenters. The maximum absolute atomic E-state index is 5.01. The number of hydrogen-bond donors (Lipinski definition) is 0. The van der Waals surface area contributed by atoms with Crippen molar-refractivity contribution in [1.29, 1.82) is 0 Å². The Morgan fingerprint density at radius 2 is 1.17 bits per heavy atom. The maximum atomic E-state index is 5.01. The summed E-state index contributed by atoms with van der Waals surface area (Å²) in [6.45, 7) is 0. The van der Waals surface area contributed by atoms with E-state index in [4.69, 9.17) is 15.7 Å². The van der Waals surface area contributed by atoms with Crippen LogP contribution in [0, 0.1) is 0 Å². The summed E-state index contributed by atoms with van der Waals surface area (Å²) < 4.78 is 0. The molecular weight excluding hydrogens is 342 g/mol. The number of fused-ring (bicyclic) bond motifs is 1.